The Labute approximate surface area is 205 Å². The first kappa shape index (κ1) is 21.9. The molecule has 0 N–H and O–H groups in total. The van der Waals surface area contributed by atoms with Crippen LogP contribution in [0.1, 0.15) is 11.1 Å². The van der Waals surface area contributed by atoms with Crippen LogP contribution in [0.5, 0.6) is 0 Å². The van der Waals surface area contributed by atoms with Gasteiger partial charge in [0.1, 0.15) is 5.82 Å². The molecule has 0 radical (unpaired) electrons. The summed E-state index contributed by atoms with van der Waals surface area (Å²) in [5.41, 5.74) is 3.79. The number of nitrogens with zero attached hydrogens (tertiary/aromatic N) is 2. The van der Waals surface area contributed by atoms with Crippen LogP contribution in [0.3, 0.4) is 0 Å². The van der Waals surface area contributed by atoms with Gasteiger partial charge >= 0.3 is 0 Å². The molecular weight excluding hydrogens is 471 g/mol. The maximum atomic E-state index is 13.3. The third-order valence-electron chi connectivity index (χ3n) is 5.48. The van der Waals surface area contributed by atoms with Crippen molar-refractivity contribution in [3.63, 3.8) is 0 Å². The largest absolute Gasteiger partial charge is 0.342 e. The quantitative estimate of drug-likeness (QED) is 0.172. The van der Waals surface area contributed by atoms with Gasteiger partial charge in [0.25, 0.3) is 5.91 Å². The second-order valence-electron chi connectivity index (χ2n) is 7.57. The summed E-state index contributed by atoms with van der Waals surface area (Å²) in [6, 6.07) is 22.4. The molecule has 0 aliphatic carbocycles. The topological polar surface area (TPSA) is 25.2 Å². The summed E-state index contributed by atoms with van der Waals surface area (Å²) in [5, 5.41) is 1.05. The predicted octanol–water partition coefficient (Wildman–Crippen LogP) is 6.96. The fourth-order valence-corrected chi connectivity index (χ4v) is 5.63. The molecule has 1 aromatic heterocycles. The number of fused-ring (bicyclic) bond motifs is 1. The van der Waals surface area contributed by atoms with Crippen LogP contribution in [0, 0.1) is 5.82 Å². The maximum absolute atomic E-state index is 13.3. The van der Waals surface area contributed by atoms with Crippen LogP contribution in [0.4, 0.5) is 10.1 Å². The van der Waals surface area contributed by atoms with Gasteiger partial charge in [-0.15, -0.1) is 11.8 Å². The van der Waals surface area contributed by atoms with Crippen LogP contribution in [0.25, 0.3) is 17.0 Å². The molecule has 164 valence electrons. The predicted molar refractivity (Wildman–Crippen MR) is 141 cm³/mol. The Balaban J connectivity index is 1.50. The van der Waals surface area contributed by atoms with Crippen molar-refractivity contribution >= 4 is 68.6 Å². The van der Waals surface area contributed by atoms with Crippen molar-refractivity contribution in [3.8, 4) is 0 Å². The molecular formula is C26H19FN2OS3. The lowest BCUT2D eigenvalue weighted by Gasteiger charge is -2.15. The number of thioether (sulfide) groups is 2. The summed E-state index contributed by atoms with van der Waals surface area (Å²) >= 11 is 8.50. The zero-order chi connectivity index (χ0) is 22.9. The summed E-state index contributed by atoms with van der Waals surface area (Å²) < 4.78 is 16.0. The number of anilines is 1. The lowest BCUT2D eigenvalue weighted by atomic mass is 10.1. The van der Waals surface area contributed by atoms with E-state index in [-0.39, 0.29) is 11.7 Å². The molecule has 4 aromatic rings. The summed E-state index contributed by atoms with van der Waals surface area (Å²) in [4.78, 5) is 16.6. The minimum absolute atomic E-state index is 0.112. The van der Waals surface area contributed by atoms with Gasteiger partial charge < -0.3 is 4.57 Å². The van der Waals surface area contributed by atoms with Crippen molar-refractivity contribution in [2.45, 2.75) is 11.4 Å². The van der Waals surface area contributed by atoms with Crippen LogP contribution in [0.2, 0.25) is 0 Å². The molecule has 1 fully saturated rings. The number of para-hydroxylation sites is 1. The van der Waals surface area contributed by atoms with Crippen LogP contribution in [-0.2, 0) is 11.3 Å². The number of hydrogen-bond donors (Lipinski definition) is 0. The van der Waals surface area contributed by atoms with Gasteiger partial charge in [0, 0.05) is 34.1 Å². The molecule has 0 atom stereocenters. The SMILES string of the molecule is CSc1cccc(N2C(=O)/C(=C/c3cn(Cc4ccc(F)cc4)c4ccccc34)SC2=S)c1. The van der Waals surface area contributed by atoms with Crippen molar-refractivity contribution in [1.29, 1.82) is 0 Å². The van der Waals surface area contributed by atoms with E-state index in [1.54, 1.807) is 28.8 Å². The molecule has 2 heterocycles. The van der Waals surface area contributed by atoms with Crippen molar-refractivity contribution < 1.29 is 9.18 Å². The zero-order valence-corrected chi connectivity index (χ0v) is 20.1. The molecule has 7 heteroatoms. The van der Waals surface area contributed by atoms with E-state index in [1.165, 1.54) is 23.9 Å². The smallest absolute Gasteiger partial charge is 0.270 e. The van der Waals surface area contributed by atoms with E-state index in [0.29, 0.717) is 15.8 Å². The summed E-state index contributed by atoms with van der Waals surface area (Å²) in [6.07, 6.45) is 5.96. The molecule has 1 aliphatic heterocycles. The van der Waals surface area contributed by atoms with Crippen molar-refractivity contribution in [2.24, 2.45) is 0 Å². The van der Waals surface area contributed by atoms with Crippen molar-refractivity contribution in [2.75, 3.05) is 11.2 Å². The molecule has 1 saturated heterocycles. The minimum Gasteiger partial charge on any atom is -0.342 e. The molecule has 1 aliphatic rings. The summed E-state index contributed by atoms with van der Waals surface area (Å²) in [7, 11) is 0. The average Bonchev–Trinajstić information content (AvgIpc) is 3.31. The van der Waals surface area contributed by atoms with Crippen LogP contribution in [0.15, 0.2) is 88.8 Å². The molecule has 3 nitrogen and oxygen atoms in total. The average molecular weight is 491 g/mol. The zero-order valence-electron chi connectivity index (χ0n) is 17.7. The fraction of sp³-hybridized carbons (Fsp3) is 0.0769. The minimum atomic E-state index is -0.248. The third-order valence-corrected chi connectivity index (χ3v) is 7.50. The lowest BCUT2D eigenvalue weighted by Crippen LogP contribution is -2.27. The van der Waals surface area contributed by atoms with E-state index in [9.17, 15) is 9.18 Å². The Morgan fingerprint density at radius 1 is 1.06 bits per heavy atom. The summed E-state index contributed by atoms with van der Waals surface area (Å²) in [6.45, 7) is 0.608. The highest BCUT2D eigenvalue weighted by atomic mass is 32.2. The monoisotopic (exact) mass is 490 g/mol. The second-order valence-corrected chi connectivity index (χ2v) is 10.1. The Hall–Kier alpha value is -2.87. The van der Waals surface area contributed by atoms with E-state index in [2.05, 4.69) is 10.6 Å². The number of amides is 1. The highest BCUT2D eigenvalue weighted by Crippen LogP contribution is 2.38. The number of benzene rings is 3. The van der Waals surface area contributed by atoms with Crippen LogP contribution in [-0.4, -0.2) is 21.1 Å². The first-order chi connectivity index (χ1) is 16.0. The maximum Gasteiger partial charge on any atom is 0.270 e. The third kappa shape index (κ3) is 4.36. The molecule has 0 bridgehead atoms. The Bertz CT molecular complexity index is 1410. The van der Waals surface area contributed by atoms with Gasteiger partial charge in [-0.2, -0.15) is 0 Å². The van der Waals surface area contributed by atoms with Gasteiger partial charge in [0.2, 0.25) is 0 Å². The van der Waals surface area contributed by atoms with E-state index < -0.39 is 0 Å². The second kappa shape index (κ2) is 9.17. The fourth-order valence-electron chi connectivity index (χ4n) is 3.89. The Morgan fingerprint density at radius 3 is 2.64 bits per heavy atom. The van der Waals surface area contributed by atoms with Crippen LogP contribution < -0.4 is 4.90 Å². The molecule has 33 heavy (non-hydrogen) atoms. The van der Waals surface area contributed by atoms with E-state index >= 15 is 0 Å². The van der Waals surface area contributed by atoms with Gasteiger partial charge in [-0.25, -0.2) is 4.39 Å². The van der Waals surface area contributed by atoms with Crippen molar-refractivity contribution in [1.82, 2.24) is 4.57 Å². The van der Waals surface area contributed by atoms with E-state index in [1.807, 2.05) is 61.0 Å². The number of rotatable bonds is 5. The molecule has 1 amide bonds. The van der Waals surface area contributed by atoms with Crippen LogP contribution >= 0.6 is 35.7 Å². The molecule has 0 saturated carbocycles. The number of thiocarbonyl (C=S) groups is 1. The Morgan fingerprint density at radius 2 is 1.85 bits per heavy atom. The number of carbonyl (C=O) groups is 1. The lowest BCUT2D eigenvalue weighted by molar-refractivity contribution is -0.113. The molecule has 5 rings (SSSR count). The highest BCUT2D eigenvalue weighted by molar-refractivity contribution is 8.27. The molecule has 3 aromatic carbocycles. The first-order valence-corrected chi connectivity index (χ1v) is 12.7. The van der Waals surface area contributed by atoms with E-state index in [0.717, 1.165) is 32.6 Å². The molecule has 0 spiro atoms. The van der Waals surface area contributed by atoms with Gasteiger partial charge in [0.05, 0.1) is 10.6 Å². The van der Waals surface area contributed by atoms with Crippen molar-refractivity contribution in [3.05, 3.63) is 101 Å². The number of carbonyl (C=O) groups excluding carboxylic acids is 1. The standard InChI is InChI=1S/C26H19FN2OS3/c1-32-21-6-4-5-20(14-21)29-25(30)24(33-26(29)31)13-18-16-28(23-8-3-2-7-22(18)23)15-17-9-11-19(27)12-10-17/h2-14,16H,15H2,1H3/b24-13-. The van der Waals surface area contributed by atoms with E-state index in [4.69, 9.17) is 12.2 Å². The van der Waals surface area contributed by atoms with Gasteiger partial charge in [-0.05, 0) is 54.3 Å². The van der Waals surface area contributed by atoms with Gasteiger partial charge in [-0.3, -0.25) is 9.69 Å². The number of aromatic nitrogens is 1. The Kier molecular flexibility index (Phi) is 6.10. The molecule has 0 unspecified atom stereocenters. The van der Waals surface area contributed by atoms with Gasteiger partial charge in [-0.1, -0.05) is 60.4 Å². The highest BCUT2D eigenvalue weighted by Gasteiger charge is 2.33. The first-order valence-electron chi connectivity index (χ1n) is 10.3. The summed E-state index contributed by atoms with van der Waals surface area (Å²) in [5.74, 6) is -0.361. The number of halogens is 1. The van der Waals surface area contributed by atoms with Gasteiger partial charge in [0.15, 0.2) is 4.32 Å². The number of hydrogen-bond acceptors (Lipinski definition) is 4. The normalized spacial score (nSPS) is 15.2.